The predicted octanol–water partition coefficient (Wildman–Crippen LogP) is 2.22. The Hall–Kier alpha value is -0.930. The highest BCUT2D eigenvalue weighted by Crippen LogP contribution is 2.23. The van der Waals surface area contributed by atoms with Crippen LogP contribution in [0, 0.1) is 5.82 Å². The first kappa shape index (κ1) is 10.6. The highest BCUT2D eigenvalue weighted by atomic mass is 19.1. The maximum atomic E-state index is 13.1. The quantitative estimate of drug-likeness (QED) is 0.740. The molecule has 1 unspecified atom stereocenters. The van der Waals surface area contributed by atoms with Crippen molar-refractivity contribution in [2.75, 3.05) is 26.3 Å². The summed E-state index contributed by atoms with van der Waals surface area (Å²) < 4.78 is 18.5. The standard InChI is InChI=1S/C12H16FNO/c1-2-14-6-7-15-9-12(14)10-4-3-5-11(13)8-10/h3-5,8,12H,2,6-7,9H2,1H3. The fourth-order valence-corrected chi connectivity index (χ4v) is 2.04. The molecule has 1 heterocycles. The van der Waals surface area contributed by atoms with Crippen molar-refractivity contribution in [3.8, 4) is 0 Å². The van der Waals surface area contributed by atoms with Crippen molar-refractivity contribution >= 4 is 0 Å². The van der Waals surface area contributed by atoms with Gasteiger partial charge in [0.25, 0.3) is 0 Å². The lowest BCUT2D eigenvalue weighted by atomic mass is 10.0. The largest absolute Gasteiger partial charge is 0.378 e. The smallest absolute Gasteiger partial charge is 0.123 e. The van der Waals surface area contributed by atoms with Gasteiger partial charge in [0.05, 0.1) is 19.3 Å². The molecule has 0 aromatic heterocycles. The van der Waals surface area contributed by atoms with Crippen molar-refractivity contribution in [2.24, 2.45) is 0 Å². The molecule has 0 bridgehead atoms. The van der Waals surface area contributed by atoms with E-state index in [9.17, 15) is 4.39 Å². The van der Waals surface area contributed by atoms with E-state index in [4.69, 9.17) is 4.74 Å². The highest BCUT2D eigenvalue weighted by Gasteiger charge is 2.23. The van der Waals surface area contributed by atoms with Crippen LogP contribution in [0.25, 0.3) is 0 Å². The van der Waals surface area contributed by atoms with E-state index in [-0.39, 0.29) is 11.9 Å². The molecule has 0 N–H and O–H groups in total. The molecule has 1 atom stereocenters. The minimum absolute atomic E-state index is 0.172. The van der Waals surface area contributed by atoms with Gasteiger partial charge in [-0.15, -0.1) is 0 Å². The zero-order valence-electron chi connectivity index (χ0n) is 8.95. The Morgan fingerprint density at radius 3 is 3.13 bits per heavy atom. The maximum Gasteiger partial charge on any atom is 0.123 e. The molecule has 15 heavy (non-hydrogen) atoms. The van der Waals surface area contributed by atoms with Gasteiger partial charge in [0.2, 0.25) is 0 Å². The van der Waals surface area contributed by atoms with E-state index in [0.29, 0.717) is 6.61 Å². The van der Waals surface area contributed by atoms with E-state index < -0.39 is 0 Å². The zero-order chi connectivity index (χ0) is 10.7. The number of hydrogen-bond acceptors (Lipinski definition) is 2. The van der Waals surface area contributed by atoms with Crippen LogP contribution in [0.15, 0.2) is 24.3 Å². The van der Waals surface area contributed by atoms with Gasteiger partial charge in [-0.25, -0.2) is 4.39 Å². The molecular weight excluding hydrogens is 193 g/mol. The monoisotopic (exact) mass is 209 g/mol. The summed E-state index contributed by atoms with van der Waals surface area (Å²) in [5, 5.41) is 0. The Morgan fingerprint density at radius 2 is 2.40 bits per heavy atom. The molecule has 0 saturated carbocycles. The second-order valence-electron chi connectivity index (χ2n) is 3.77. The second-order valence-corrected chi connectivity index (χ2v) is 3.77. The third-order valence-corrected chi connectivity index (χ3v) is 2.88. The minimum atomic E-state index is -0.172. The van der Waals surface area contributed by atoms with E-state index in [1.807, 2.05) is 6.07 Å². The molecular formula is C12H16FNO. The van der Waals surface area contributed by atoms with Crippen LogP contribution in [0.5, 0.6) is 0 Å². The van der Waals surface area contributed by atoms with Gasteiger partial charge >= 0.3 is 0 Å². The molecule has 2 rings (SSSR count). The SMILES string of the molecule is CCN1CCOCC1c1cccc(F)c1. The third kappa shape index (κ3) is 2.36. The molecule has 1 saturated heterocycles. The topological polar surface area (TPSA) is 12.5 Å². The van der Waals surface area contributed by atoms with E-state index in [1.54, 1.807) is 12.1 Å². The Kier molecular flexibility index (Phi) is 3.34. The average Bonchev–Trinajstić information content (AvgIpc) is 2.29. The van der Waals surface area contributed by atoms with E-state index in [0.717, 1.165) is 25.3 Å². The van der Waals surface area contributed by atoms with Crippen LogP contribution in [-0.2, 0) is 4.74 Å². The van der Waals surface area contributed by atoms with Crippen LogP contribution in [0.2, 0.25) is 0 Å². The lowest BCUT2D eigenvalue weighted by Crippen LogP contribution is -2.39. The van der Waals surface area contributed by atoms with Crippen LogP contribution < -0.4 is 0 Å². The zero-order valence-corrected chi connectivity index (χ0v) is 8.95. The number of likely N-dealkylation sites (N-methyl/N-ethyl adjacent to an activating group) is 1. The van der Waals surface area contributed by atoms with E-state index in [2.05, 4.69) is 11.8 Å². The van der Waals surface area contributed by atoms with Gasteiger partial charge in [-0.1, -0.05) is 19.1 Å². The summed E-state index contributed by atoms with van der Waals surface area (Å²) in [6.07, 6.45) is 0. The normalized spacial score (nSPS) is 22.9. The second kappa shape index (κ2) is 4.73. The Labute approximate surface area is 89.7 Å². The average molecular weight is 209 g/mol. The number of ether oxygens (including phenoxy) is 1. The van der Waals surface area contributed by atoms with Crippen molar-refractivity contribution < 1.29 is 9.13 Å². The summed E-state index contributed by atoms with van der Waals surface area (Å²) in [6.45, 7) is 5.47. The first-order valence-electron chi connectivity index (χ1n) is 5.38. The molecule has 1 aliphatic rings. The summed E-state index contributed by atoms with van der Waals surface area (Å²) in [7, 11) is 0. The number of halogens is 1. The predicted molar refractivity (Wildman–Crippen MR) is 57.2 cm³/mol. The molecule has 1 aromatic rings. The van der Waals surface area contributed by atoms with Gasteiger partial charge in [0, 0.05) is 6.54 Å². The number of morpholine rings is 1. The molecule has 3 heteroatoms. The van der Waals surface area contributed by atoms with Crippen molar-refractivity contribution in [1.29, 1.82) is 0 Å². The molecule has 1 fully saturated rings. The number of benzene rings is 1. The Balaban J connectivity index is 2.20. The molecule has 0 spiro atoms. The summed E-state index contributed by atoms with van der Waals surface area (Å²) in [6, 6.07) is 7.00. The van der Waals surface area contributed by atoms with Gasteiger partial charge in [-0.05, 0) is 24.2 Å². The van der Waals surface area contributed by atoms with Gasteiger partial charge in [-0.3, -0.25) is 4.90 Å². The van der Waals surface area contributed by atoms with Gasteiger partial charge in [0.15, 0.2) is 0 Å². The number of hydrogen-bond donors (Lipinski definition) is 0. The molecule has 0 radical (unpaired) electrons. The highest BCUT2D eigenvalue weighted by molar-refractivity contribution is 5.20. The lowest BCUT2D eigenvalue weighted by molar-refractivity contribution is -0.00583. The maximum absolute atomic E-state index is 13.1. The third-order valence-electron chi connectivity index (χ3n) is 2.88. The Morgan fingerprint density at radius 1 is 1.53 bits per heavy atom. The van der Waals surface area contributed by atoms with Crippen LogP contribution in [0.3, 0.4) is 0 Å². The van der Waals surface area contributed by atoms with Crippen LogP contribution in [0.1, 0.15) is 18.5 Å². The molecule has 0 aliphatic carbocycles. The van der Waals surface area contributed by atoms with E-state index >= 15 is 0 Å². The van der Waals surface area contributed by atoms with Crippen molar-refractivity contribution in [3.05, 3.63) is 35.6 Å². The molecule has 1 aromatic carbocycles. The van der Waals surface area contributed by atoms with Crippen LogP contribution in [-0.4, -0.2) is 31.2 Å². The summed E-state index contributed by atoms with van der Waals surface area (Å²) in [5.74, 6) is -0.172. The van der Waals surface area contributed by atoms with Crippen molar-refractivity contribution in [1.82, 2.24) is 4.90 Å². The first-order chi connectivity index (χ1) is 7.31. The molecule has 2 nitrogen and oxygen atoms in total. The van der Waals surface area contributed by atoms with Gasteiger partial charge in [-0.2, -0.15) is 0 Å². The summed E-state index contributed by atoms with van der Waals surface area (Å²) in [4.78, 5) is 2.32. The molecule has 82 valence electrons. The number of nitrogens with zero attached hydrogens (tertiary/aromatic N) is 1. The number of rotatable bonds is 2. The molecule has 1 aliphatic heterocycles. The first-order valence-corrected chi connectivity index (χ1v) is 5.38. The fourth-order valence-electron chi connectivity index (χ4n) is 2.04. The van der Waals surface area contributed by atoms with Gasteiger partial charge in [0.1, 0.15) is 5.82 Å². The van der Waals surface area contributed by atoms with Gasteiger partial charge < -0.3 is 4.74 Å². The van der Waals surface area contributed by atoms with Crippen molar-refractivity contribution in [2.45, 2.75) is 13.0 Å². The van der Waals surface area contributed by atoms with Crippen molar-refractivity contribution in [3.63, 3.8) is 0 Å². The lowest BCUT2D eigenvalue weighted by Gasteiger charge is -2.34. The van der Waals surface area contributed by atoms with Crippen LogP contribution in [0.4, 0.5) is 4.39 Å². The van der Waals surface area contributed by atoms with E-state index in [1.165, 1.54) is 6.07 Å². The summed E-state index contributed by atoms with van der Waals surface area (Å²) in [5.41, 5.74) is 1.01. The molecule has 0 amide bonds. The summed E-state index contributed by atoms with van der Waals surface area (Å²) >= 11 is 0. The Bertz CT molecular complexity index is 329. The van der Waals surface area contributed by atoms with Crippen LogP contribution >= 0.6 is 0 Å². The minimum Gasteiger partial charge on any atom is -0.378 e. The fraction of sp³-hybridized carbons (Fsp3) is 0.500.